The molecule has 1 spiro atoms. The van der Waals surface area contributed by atoms with Crippen molar-refractivity contribution in [2.45, 2.75) is 50.9 Å². The number of amides is 1. The first-order valence-corrected chi connectivity index (χ1v) is 9.27. The van der Waals surface area contributed by atoms with Crippen molar-refractivity contribution >= 4 is 5.91 Å². The number of rotatable bonds is 5. The van der Waals surface area contributed by atoms with E-state index in [1.807, 2.05) is 6.92 Å². The molecule has 2 aliphatic carbocycles. The van der Waals surface area contributed by atoms with Gasteiger partial charge >= 0.3 is 12.1 Å². The Balaban J connectivity index is 1.42. The molecule has 2 fully saturated rings. The van der Waals surface area contributed by atoms with Crippen LogP contribution >= 0.6 is 0 Å². The lowest BCUT2D eigenvalue weighted by Crippen LogP contribution is -2.67. The number of nitrogens with zero attached hydrogens (tertiary/aromatic N) is 2. The number of ether oxygens (including phenoxy) is 1. The van der Waals surface area contributed by atoms with E-state index in [0.29, 0.717) is 17.7 Å². The molecule has 2 aromatic rings. The molecular formula is C19H20F3N3O3. The predicted molar refractivity (Wildman–Crippen MR) is 92.3 cm³/mol. The van der Waals surface area contributed by atoms with Gasteiger partial charge in [0.25, 0.3) is 5.91 Å². The Hall–Kier alpha value is -2.42. The lowest BCUT2D eigenvalue weighted by atomic mass is 9.51. The molecule has 1 aromatic heterocycles. The summed E-state index contributed by atoms with van der Waals surface area (Å²) in [6, 6.07) is 6.18. The van der Waals surface area contributed by atoms with Crippen LogP contribution in [0.2, 0.25) is 0 Å². The fraction of sp³-hybridized carbons (Fsp3) is 0.526. The Labute approximate surface area is 159 Å². The van der Waals surface area contributed by atoms with Gasteiger partial charge in [0.2, 0.25) is 5.82 Å². The van der Waals surface area contributed by atoms with E-state index in [-0.39, 0.29) is 29.3 Å². The van der Waals surface area contributed by atoms with Crippen LogP contribution in [0.3, 0.4) is 0 Å². The van der Waals surface area contributed by atoms with E-state index < -0.39 is 12.1 Å². The summed E-state index contributed by atoms with van der Waals surface area (Å²) in [5, 5.41) is 6.42. The summed E-state index contributed by atoms with van der Waals surface area (Å²) < 4.78 is 47.7. The van der Waals surface area contributed by atoms with Crippen LogP contribution in [-0.4, -0.2) is 34.8 Å². The van der Waals surface area contributed by atoms with Crippen molar-refractivity contribution in [1.29, 1.82) is 0 Å². The van der Waals surface area contributed by atoms with E-state index in [1.165, 1.54) is 12.1 Å². The normalized spacial score (nSPS) is 23.1. The van der Waals surface area contributed by atoms with Crippen LogP contribution in [0.5, 0.6) is 0 Å². The number of halogens is 3. The fourth-order valence-corrected chi connectivity index (χ4v) is 4.11. The summed E-state index contributed by atoms with van der Waals surface area (Å²) in [7, 11) is 0. The average Bonchev–Trinajstić information content (AvgIpc) is 3.10. The van der Waals surface area contributed by atoms with Gasteiger partial charge < -0.3 is 14.6 Å². The Kier molecular flexibility index (Phi) is 4.65. The molecule has 0 aliphatic heterocycles. The van der Waals surface area contributed by atoms with E-state index in [4.69, 9.17) is 4.74 Å². The third-order valence-corrected chi connectivity index (χ3v) is 5.82. The monoisotopic (exact) mass is 395 g/mol. The summed E-state index contributed by atoms with van der Waals surface area (Å²) in [4.78, 5) is 15.9. The van der Waals surface area contributed by atoms with Crippen LogP contribution in [0.4, 0.5) is 13.2 Å². The zero-order valence-corrected chi connectivity index (χ0v) is 15.3. The van der Waals surface area contributed by atoms with Crippen LogP contribution in [0, 0.1) is 5.41 Å². The van der Waals surface area contributed by atoms with Crippen molar-refractivity contribution in [2.24, 2.45) is 5.41 Å². The zero-order chi connectivity index (χ0) is 19.9. The zero-order valence-electron chi connectivity index (χ0n) is 15.3. The SMILES string of the molecule is CCO[C@H]1C[C@@H](NC(=O)c2ccc(-c3noc(C(F)(F)F)n3)cc2)C12CCC2. The Bertz CT molecular complexity index is 859. The highest BCUT2D eigenvalue weighted by molar-refractivity contribution is 5.95. The maximum absolute atomic E-state index is 12.6. The van der Waals surface area contributed by atoms with E-state index in [1.54, 1.807) is 12.1 Å². The summed E-state index contributed by atoms with van der Waals surface area (Å²) in [5.74, 6) is -1.78. The number of aromatic nitrogens is 2. The maximum Gasteiger partial charge on any atom is 0.471 e. The molecule has 0 radical (unpaired) electrons. The summed E-state index contributed by atoms with van der Waals surface area (Å²) >= 11 is 0. The largest absolute Gasteiger partial charge is 0.471 e. The first kappa shape index (κ1) is 18.9. The highest BCUT2D eigenvalue weighted by Gasteiger charge is 2.59. The van der Waals surface area contributed by atoms with Crippen molar-refractivity contribution in [3.05, 3.63) is 35.7 Å². The average molecular weight is 395 g/mol. The van der Waals surface area contributed by atoms with Crippen molar-refractivity contribution < 1.29 is 27.2 Å². The van der Waals surface area contributed by atoms with Crippen LogP contribution < -0.4 is 5.32 Å². The highest BCUT2D eigenvalue weighted by atomic mass is 19.4. The molecule has 150 valence electrons. The van der Waals surface area contributed by atoms with Crippen LogP contribution in [0.1, 0.15) is 48.9 Å². The van der Waals surface area contributed by atoms with Gasteiger partial charge in [-0.15, -0.1) is 0 Å². The van der Waals surface area contributed by atoms with Gasteiger partial charge in [-0.25, -0.2) is 0 Å². The minimum atomic E-state index is -4.69. The second-order valence-electron chi connectivity index (χ2n) is 7.29. The molecular weight excluding hydrogens is 375 g/mol. The van der Waals surface area contributed by atoms with Crippen LogP contribution in [0.25, 0.3) is 11.4 Å². The van der Waals surface area contributed by atoms with Gasteiger partial charge in [-0.05, 0) is 38.3 Å². The van der Waals surface area contributed by atoms with Crippen molar-refractivity contribution in [2.75, 3.05) is 6.61 Å². The third kappa shape index (κ3) is 3.17. The first-order valence-electron chi connectivity index (χ1n) is 9.27. The van der Waals surface area contributed by atoms with Gasteiger partial charge in [-0.1, -0.05) is 23.7 Å². The maximum atomic E-state index is 12.6. The lowest BCUT2D eigenvalue weighted by Gasteiger charge is -2.61. The second kappa shape index (κ2) is 6.88. The highest BCUT2D eigenvalue weighted by Crippen LogP contribution is 2.57. The first-order chi connectivity index (χ1) is 13.3. The summed E-state index contributed by atoms with van der Waals surface area (Å²) in [5.41, 5.74) is 0.827. The number of carbonyl (C=O) groups is 1. The number of alkyl halides is 3. The minimum Gasteiger partial charge on any atom is -0.378 e. The van der Waals surface area contributed by atoms with E-state index >= 15 is 0 Å². The molecule has 4 rings (SSSR count). The van der Waals surface area contributed by atoms with Crippen molar-refractivity contribution in [3.63, 3.8) is 0 Å². The summed E-state index contributed by atoms with van der Waals surface area (Å²) in [6.07, 6.45) is -0.414. The quantitative estimate of drug-likeness (QED) is 0.833. The molecule has 0 saturated heterocycles. The standard InChI is InChI=1S/C19H20F3N3O3/c1-2-27-14-10-13(18(14)8-3-9-18)23-16(26)12-6-4-11(5-7-12)15-24-17(28-25-15)19(20,21)22/h4-7,13-14H,2-3,8-10H2,1H3,(H,23,26)/t13-,14+/m1/s1. The second-order valence-corrected chi connectivity index (χ2v) is 7.29. The lowest BCUT2D eigenvalue weighted by molar-refractivity contribution is -0.169. The van der Waals surface area contributed by atoms with Gasteiger partial charge in [0.1, 0.15) is 0 Å². The van der Waals surface area contributed by atoms with Gasteiger partial charge in [-0.2, -0.15) is 18.2 Å². The third-order valence-electron chi connectivity index (χ3n) is 5.82. The molecule has 0 unspecified atom stereocenters. The number of benzene rings is 1. The Morgan fingerprint density at radius 1 is 1.32 bits per heavy atom. The van der Waals surface area contributed by atoms with Gasteiger partial charge in [0.15, 0.2) is 0 Å². The molecule has 0 bridgehead atoms. The van der Waals surface area contributed by atoms with Crippen molar-refractivity contribution in [3.8, 4) is 11.4 Å². The van der Waals surface area contributed by atoms with Gasteiger partial charge in [0.05, 0.1) is 6.10 Å². The molecule has 1 aromatic carbocycles. The molecule has 9 heteroatoms. The number of hydrogen-bond donors (Lipinski definition) is 1. The van der Waals surface area contributed by atoms with Crippen LogP contribution in [-0.2, 0) is 10.9 Å². The molecule has 6 nitrogen and oxygen atoms in total. The molecule has 2 aliphatic rings. The van der Waals surface area contributed by atoms with E-state index in [9.17, 15) is 18.0 Å². The summed E-state index contributed by atoms with van der Waals surface area (Å²) in [6.45, 7) is 2.64. The van der Waals surface area contributed by atoms with Crippen LogP contribution in [0.15, 0.2) is 28.8 Å². The topological polar surface area (TPSA) is 77.2 Å². The number of hydrogen-bond acceptors (Lipinski definition) is 5. The van der Waals surface area contributed by atoms with Gasteiger partial charge in [-0.3, -0.25) is 4.79 Å². The van der Waals surface area contributed by atoms with Crippen molar-refractivity contribution in [1.82, 2.24) is 15.5 Å². The molecule has 2 atom stereocenters. The Morgan fingerprint density at radius 2 is 2.04 bits per heavy atom. The molecule has 1 amide bonds. The molecule has 2 saturated carbocycles. The number of nitrogens with one attached hydrogen (secondary N) is 1. The molecule has 1 N–H and O–H groups in total. The number of carbonyl (C=O) groups excluding carboxylic acids is 1. The molecule has 28 heavy (non-hydrogen) atoms. The smallest absolute Gasteiger partial charge is 0.378 e. The van der Waals surface area contributed by atoms with E-state index in [0.717, 1.165) is 25.7 Å². The minimum absolute atomic E-state index is 0.0598. The fourth-order valence-electron chi connectivity index (χ4n) is 4.11. The Morgan fingerprint density at radius 3 is 2.57 bits per heavy atom. The predicted octanol–water partition coefficient (Wildman–Crippen LogP) is 3.83. The molecule has 1 heterocycles. The van der Waals surface area contributed by atoms with E-state index in [2.05, 4.69) is 20.0 Å². The van der Waals surface area contributed by atoms with Gasteiger partial charge in [0, 0.05) is 29.2 Å².